The number of carbonyl (C=O) groups excluding carboxylic acids is 3. The molecule has 2 aliphatic rings. The van der Waals surface area contributed by atoms with Crippen molar-refractivity contribution in [2.45, 2.75) is 50.7 Å². The molecule has 1 aromatic heterocycles. The van der Waals surface area contributed by atoms with Crippen molar-refractivity contribution in [3.63, 3.8) is 0 Å². The van der Waals surface area contributed by atoms with Gasteiger partial charge in [0.15, 0.2) is 0 Å². The number of aromatic nitrogens is 1. The van der Waals surface area contributed by atoms with Gasteiger partial charge in [-0.25, -0.2) is 14.6 Å². The smallest absolute Gasteiger partial charge is 0.409 e. The van der Waals surface area contributed by atoms with Crippen LogP contribution < -0.4 is 10.1 Å². The zero-order chi connectivity index (χ0) is 30.4. The van der Waals surface area contributed by atoms with Crippen LogP contribution in [0.4, 0.5) is 4.79 Å². The van der Waals surface area contributed by atoms with Crippen molar-refractivity contribution in [1.29, 1.82) is 5.26 Å². The Balaban J connectivity index is 1.60. The highest BCUT2D eigenvalue weighted by Gasteiger charge is 2.47. The van der Waals surface area contributed by atoms with Gasteiger partial charge in [-0.1, -0.05) is 6.07 Å². The van der Waals surface area contributed by atoms with Crippen molar-refractivity contribution in [2.75, 3.05) is 32.8 Å². The molecule has 42 heavy (non-hydrogen) atoms. The Kier molecular flexibility index (Phi) is 9.09. The molecule has 1 saturated heterocycles. The number of nitrogens with zero attached hydrogens (tertiary/aromatic N) is 4. The largest absolute Gasteiger partial charge is 0.481 e. The SMILES string of the molecule is CCOC(=O)N1CCN(C(=O)C(CCC(=O)O)NC(=O)c2cc(OC3(C(=O)O)CCC3)c3c(C#N)cccc3n2)CC1. The molecule has 3 amide bonds. The van der Waals surface area contributed by atoms with Crippen LogP contribution in [0.2, 0.25) is 0 Å². The molecule has 2 heterocycles. The fourth-order valence-electron chi connectivity index (χ4n) is 4.91. The minimum absolute atomic E-state index is 0.00657. The molecule has 14 nitrogen and oxygen atoms in total. The van der Waals surface area contributed by atoms with E-state index in [2.05, 4.69) is 10.3 Å². The Morgan fingerprint density at radius 2 is 1.81 bits per heavy atom. The minimum Gasteiger partial charge on any atom is -0.481 e. The number of hydrogen-bond acceptors (Lipinski definition) is 9. The molecular formula is C28H31N5O9. The molecule has 1 saturated carbocycles. The lowest BCUT2D eigenvalue weighted by Gasteiger charge is -2.38. The fraction of sp³-hybridized carbons (Fsp3) is 0.464. The van der Waals surface area contributed by atoms with Crippen LogP contribution in [-0.2, 0) is 19.1 Å². The fourth-order valence-corrected chi connectivity index (χ4v) is 4.91. The summed E-state index contributed by atoms with van der Waals surface area (Å²) in [6.45, 7) is 2.65. The predicted octanol–water partition coefficient (Wildman–Crippen LogP) is 1.76. The van der Waals surface area contributed by atoms with E-state index in [0.717, 1.165) is 0 Å². The van der Waals surface area contributed by atoms with Gasteiger partial charge in [0.25, 0.3) is 5.91 Å². The lowest BCUT2D eigenvalue weighted by molar-refractivity contribution is -0.163. The van der Waals surface area contributed by atoms with Gasteiger partial charge in [0.2, 0.25) is 11.5 Å². The van der Waals surface area contributed by atoms with Gasteiger partial charge in [-0.3, -0.25) is 14.4 Å². The molecule has 1 aliphatic heterocycles. The number of nitrogens with one attached hydrogen (secondary N) is 1. The van der Waals surface area contributed by atoms with Crippen LogP contribution in [0, 0.1) is 11.3 Å². The normalized spacial score (nSPS) is 16.5. The summed E-state index contributed by atoms with van der Waals surface area (Å²) in [4.78, 5) is 69.4. The highest BCUT2D eigenvalue weighted by Crippen LogP contribution is 2.40. The van der Waals surface area contributed by atoms with Crippen LogP contribution in [0.1, 0.15) is 55.1 Å². The Morgan fingerprint density at radius 1 is 1.12 bits per heavy atom. The monoisotopic (exact) mass is 581 g/mol. The predicted molar refractivity (Wildman–Crippen MR) is 145 cm³/mol. The first kappa shape index (κ1) is 30.0. The van der Waals surface area contributed by atoms with E-state index in [0.29, 0.717) is 6.42 Å². The molecule has 3 N–H and O–H groups in total. The average molecular weight is 582 g/mol. The molecule has 0 spiro atoms. The molecule has 4 rings (SSSR count). The number of rotatable bonds is 10. The first-order valence-corrected chi connectivity index (χ1v) is 13.6. The number of carbonyl (C=O) groups is 5. The second-order valence-electron chi connectivity index (χ2n) is 10.0. The van der Waals surface area contributed by atoms with Gasteiger partial charge in [0, 0.05) is 38.7 Å². The maximum atomic E-state index is 13.4. The molecule has 1 unspecified atom stereocenters. The van der Waals surface area contributed by atoms with E-state index in [1.54, 1.807) is 19.1 Å². The molecule has 2 aromatic rings. The van der Waals surface area contributed by atoms with Gasteiger partial charge in [0.1, 0.15) is 17.5 Å². The molecule has 1 atom stereocenters. The Labute approximate surface area is 240 Å². The second kappa shape index (κ2) is 12.7. The van der Waals surface area contributed by atoms with E-state index in [-0.39, 0.29) is 80.0 Å². The van der Waals surface area contributed by atoms with E-state index in [1.165, 1.54) is 21.9 Å². The molecular weight excluding hydrogens is 550 g/mol. The first-order chi connectivity index (χ1) is 20.1. The molecule has 222 valence electrons. The summed E-state index contributed by atoms with van der Waals surface area (Å²) in [5, 5.41) is 31.5. The third-order valence-corrected chi connectivity index (χ3v) is 7.37. The van der Waals surface area contributed by atoms with Crippen LogP contribution in [0.15, 0.2) is 24.3 Å². The van der Waals surface area contributed by atoms with E-state index < -0.39 is 47.9 Å². The molecule has 14 heteroatoms. The van der Waals surface area contributed by atoms with E-state index >= 15 is 0 Å². The van der Waals surface area contributed by atoms with Gasteiger partial charge in [-0.2, -0.15) is 5.26 Å². The van der Waals surface area contributed by atoms with Crippen LogP contribution in [-0.4, -0.2) is 99.3 Å². The van der Waals surface area contributed by atoms with Crippen LogP contribution in [0.5, 0.6) is 5.75 Å². The lowest BCUT2D eigenvalue weighted by Crippen LogP contribution is -2.56. The zero-order valence-electron chi connectivity index (χ0n) is 23.0. The van der Waals surface area contributed by atoms with Crippen molar-refractivity contribution in [2.24, 2.45) is 0 Å². The summed E-state index contributed by atoms with van der Waals surface area (Å²) in [5.74, 6) is -3.65. The standard InChI is InChI=1S/C28H31N5O9/c1-2-41-27(40)33-13-11-32(12-14-33)25(37)19(7-8-22(34)35)31-24(36)20-15-21(42-28(26(38)39)9-4-10-28)23-17(16-29)5-3-6-18(23)30-20/h3,5-6,15,19H,2,4,7-14H2,1H3,(H,31,36)(H,34,35)(H,38,39). The number of carboxylic acid groups (broad SMARTS) is 2. The Hall–Kier alpha value is -4.93. The molecule has 0 radical (unpaired) electrons. The van der Waals surface area contributed by atoms with Crippen LogP contribution in [0.3, 0.4) is 0 Å². The van der Waals surface area contributed by atoms with Gasteiger partial charge in [-0.05, 0) is 44.7 Å². The van der Waals surface area contributed by atoms with E-state index in [1.807, 2.05) is 6.07 Å². The van der Waals surface area contributed by atoms with Crippen molar-refractivity contribution in [3.05, 3.63) is 35.5 Å². The number of pyridine rings is 1. The summed E-state index contributed by atoms with van der Waals surface area (Å²) in [5.41, 5.74) is -1.32. The first-order valence-electron chi connectivity index (χ1n) is 13.6. The van der Waals surface area contributed by atoms with Crippen LogP contribution in [0.25, 0.3) is 10.9 Å². The number of carboxylic acids is 2. The summed E-state index contributed by atoms with van der Waals surface area (Å²) >= 11 is 0. The number of benzene rings is 1. The highest BCUT2D eigenvalue weighted by molar-refractivity contribution is 6.00. The number of nitriles is 1. The third kappa shape index (κ3) is 6.35. The maximum Gasteiger partial charge on any atom is 0.409 e. The molecule has 2 fully saturated rings. The second-order valence-corrected chi connectivity index (χ2v) is 10.0. The van der Waals surface area contributed by atoms with E-state index in [9.17, 15) is 39.4 Å². The number of fused-ring (bicyclic) bond motifs is 1. The highest BCUT2D eigenvalue weighted by atomic mass is 16.6. The Bertz CT molecular complexity index is 1440. The minimum atomic E-state index is -1.50. The topological polar surface area (TPSA) is 199 Å². The zero-order valence-corrected chi connectivity index (χ0v) is 23.0. The summed E-state index contributed by atoms with van der Waals surface area (Å²) in [6.07, 6.45) is 0.0398. The number of ether oxygens (including phenoxy) is 2. The Morgan fingerprint density at radius 3 is 2.38 bits per heavy atom. The number of piperazine rings is 1. The van der Waals surface area contributed by atoms with Crippen LogP contribution >= 0.6 is 0 Å². The maximum absolute atomic E-state index is 13.4. The molecule has 0 bridgehead atoms. The van der Waals surface area contributed by atoms with Crippen molar-refractivity contribution < 1.29 is 43.7 Å². The van der Waals surface area contributed by atoms with Crippen molar-refractivity contribution >= 4 is 40.7 Å². The number of aliphatic carboxylic acids is 2. The van der Waals surface area contributed by atoms with Crippen molar-refractivity contribution in [1.82, 2.24) is 20.1 Å². The lowest BCUT2D eigenvalue weighted by atomic mass is 9.80. The number of amides is 3. The summed E-state index contributed by atoms with van der Waals surface area (Å²) in [7, 11) is 0. The molecule has 1 aromatic carbocycles. The van der Waals surface area contributed by atoms with Gasteiger partial charge in [0.05, 0.1) is 29.1 Å². The summed E-state index contributed by atoms with van der Waals surface area (Å²) in [6, 6.07) is 6.68. The van der Waals surface area contributed by atoms with E-state index in [4.69, 9.17) is 9.47 Å². The quantitative estimate of drug-likeness (QED) is 0.369. The van der Waals surface area contributed by atoms with Gasteiger partial charge in [-0.15, -0.1) is 0 Å². The summed E-state index contributed by atoms with van der Waals surface area (Å²) < 4.78 is 10.9. The van der Waals surface area contributed by atoms with Gasteiger partial charge >= 0.3 is 18.0 Å². The average Bonchev–Trinajstić information content (AvgIpc) is 2.95. The van der Waals surface area contributed by atoms with Gasteiger partial charge < -0.3 is 34.8 Å². The number of hydrogen-bond donors (Lipinski definition) is 3. The molecule has 1 aliphatic carbocycles. The third-order valence-electron chi connectivity index (χ3n) is 7.37. The van der Waals surface area contributed by atoms with Crippen molar-refractivity contribution in [3.8, 4) is 11.8 Å².